The number of hydrogen-bond acceptors (Lipinski definition) is 3. The predicted molar refractivity (Wildman–Crippen MR) is 71.4 cm³/mol. The molecule has 0 spiro atoms. The van der Waals surface area contributed by atoms with Gasteiger partial charge in [-0.25, -0.2) is 8.42 Å². The SMILES string of the molecule is CCC(C)(C#N)NS(=O)(=O)CCc1ccccc1. The second-order valence-corrected chi connectivity index (χ2v) is 6.30. The summed E-state index contributed by atoms with van der Waals surface area (Å²) in [5.74, 6) is -0.00567. The first-order valence-corrected chi connectivity index (χ1v) is 7.53. The van der Waals surface area contributed by atoms with Crippen LogP contribution in [0.15, 0.2) is 30.3 Å². The molecule has 0 saturated carbocycles. The molecule has 1 unspecified atom stereocenters. The summed E-state index contributed by atoms with van der Waals surface area (Å²) in [4.78, 5) is 0. The molecule has 4 nitrogen and oxygen atoms in total. The molecule has 0 bridgehead atoms. The molecular formula is C13H18N2O2S. The molecule has 1 N–H and O–H groups in total. The highest BCUT2D eigenvalue weighted by Gasteiger charge is 2.27. The topological polar surface area (TPSA) is 70.0 Å². The quantitative estimate of drug-likeness (QED) is 0.854. The Morgan fingerprint density at radius 3 is 2.44 bits per heavy atom. The van der Waals surface area contributed by atoms with Gasteiger partial charge in [-0.2, -0.15) is 9.98 Å². The van der Waals surface area contributed by atoms with Crippen molar-refractivity contribution < 1.29 is 8.42 Å². The minimum absolute atomic E-state index is 0.00567. The Balaban J connectivity index is 2.64. The number of benzene rings is 1. The smallest absolute Gasteiger partial charge is 0.212 e. The third-order valence-corrected chi connectivity index (χ3v) is 4.34. The molecule has 0 heterocycles. The summed E-state index contributed by atoms with van der Waals surface area (Å²) in [5.41, 5.74) is -0.0479. The molecule has 0 fully saturated rings. The number of sulfonamides is 1. The van der Waals surface area contributed by atoms with E-state index in [1.165, 1.54) is 0 Å². The van der Waals surface area contributed by atoms with Crippen LogP contribution in [0.3, 0.4) is 0 Å². The van der Waals surface area contributed by atoms with Gasteiger partial charge in [0.05, 0.1) is 11.8 Å². The number of hydrogen-bond donors (Lipinski definition) is 1. The second kappa shape index (κ2) is 5.98. The van der Waals surface area contributed by atoms with Crippen molar-refractivity contribution in [2.24, 2.45) is 0 Å². The Bertz CT molecular complexity index is 520. The van der Waals surface area contributed by atoms with E-state index in [0.29, 0.717) is 12.8 Å². The van der Waals surface area contributed by atoms with Crippen LogP contribution in [0.1, 0.15) is 25.8 Å². The fourth-order valence-corrected chi connectivity index (χ4v) is 2.95. The molecule has 0 radical (unpaired) electrons. The van der Waals surface area contributed by atoms with Crippen molar-refractivity contribution >= 4 is 10.0 Å². The minimum Gasteiger partial charge on any atom is -0.212 e. The fraction of sp³-hybridized carbons (Fsp3) is 0.462. The first kappa shape index (κ1) is 14.7. The zero-order valence-corrected chi connectivity index (χ0v) is 11.5. The van der Waals surface area contributed by atoms with Crippen molar-refractivity contribution in [2.45, 2.75) is 32.2 Å². The summed E-state index contributed by atoms with van der Waals surface area (Å²) in [5, 5.41) is 8.96. The number of nitrogens with one attached hydrogen (secondary N) is 1. The first-order chi connectivity index (χ1) is 8.41. The van der Waals surface area contributed by atoms with Crippen molar-refractivity contribution in [1.82, 2.24) is 4.72 Å². The molecule has 18 heavy (non-hydrogen) atoms. The zero-order chi connectivity index (χ0) is 13.6. The van der Waals surface area contributed by atoms with Crippen LogP contribution in [0.4, 0.5) is 0 Å². The maximum absolute atomic E-state index is 11.9. The lowest BCUT2D eigenvalue weighted by Crippen LogP contribution is -2.45. The van der Waals surface area contributed by atoms with Crippen molar-refractivity contribution in [2.75, 3.05) is 5.75 Å². The van der Waals surface area contributed by atoms with Gasteiger partial charge in [-0.15, -0.1) is 0 Å². The maximum Gasteiger partial charge on any atom is 0.213 e. The van der Waals surface area contributed by atoms with E-state index in [0.717, 1.165) is 5.56 Å². The maximum atomic E-state index is 11.9. The van der Waals surface area contributed by atoms with Crippen molar-refractivity contribution in [1.29, 1.82) is 5.26 Å². The molecule has 1 rings (SSSR count). The molecule has 1 atom stereocenters. The van der Waals surface area contributed by atoms with E-state index in [9.17, 15) is 8.42 Å². The lowest BCUT2D eigenvalue weighted by atomic mass is 10.0. The van der Waals surface area contributed by atoms with E-state index in [2.05, 4.69) is 4.72 Å². The zero-order valence-electron chi connectivity index (χ0n) is 10.7. The van der Waals surface area contributed by atoms with Gasteiger partial charge in [0.1, 0.15) is 5.54 Å². The summed E-state index contributed by atoms with van der Waals surface area (Å²) in [6.07, 6.45) is 0.884. The van der Waals surface area contributed by atoms with Gasteiger partial charge in [-0.05, 0) is 25.3 Å². The first-order valence-electron chi connectivity index (χ1n) is 5.87. The molecular weight excluding hydrogens is 248 g/mol. The van der Waals surface area contributed by atoms with E-state index < -0.39 is 15.6 Å². The van der Waals surface area contributed by atoms with Gasteiger partial charge in [0.15, 0.2) is 0 Å². The molecule has 0 amide bonds. The molecule has 0 saturated heterocycles. The summed E-state index contributed by atoms with van der Waals surface area (Å²) < 4.78 is 26.2. The van der Waals surface area contributed by atoms with Crippen LogP contribution in [0.5, 0.6) is 0 Å². The number of nitrogens with zero attached hydrogens (tertiary/aromatic N) is 1. The molecule has 1 aromatic rings. The summed E-state index contributed by atoms with van der Waals surface area (Å²) in [6, 6.07) is 11.4. The van der Waals surface area contributed by atoms with Gasteiger partial charge in [-0.1, -0.05) is 37.3 Å². The summed E-state index contributed by atoms with van der Waals surface area (Å²) in [7, 11) is -3.43. The highest BCUT2D eigenvalue weighted by Crippen LogP contribution is 2.10. The molecule has 0 aliphatic carbocycles. The average molecular weight is 266 g/mol. The van der Waals surface area contributed by atoms with Crippen LogP contribution < -0.4 is 4.72 Å². The van der Waals surface area contributed by atoms with Crippen LogP contribution in [0.2, 0.25) is 0 Å². The van der Waals surface area contributed by atoms with Crippen LogP contribution in [-0.2, 0) is 16.4 Å². The monoisotopic (exact) mass is 266 g/mol. The number of nitriles is 1. The third kappa shape index (κ3) is 4.47. The van der Waals surface area contributed by atoms with Crippen LogP contribution >= 0.6 is 0 Å². The van der Waals surface area contributed by atoms with Crippen LogP contribution in [0.25, 0.3) is 0 Å². The molecule has 0 aromatic heterocycles. The van der Waals surface area contributed by atoms with E-state index >= 15 is 0 Å². The van der Waals surface area contributed by atoms with Gasteiger partial charge < -0.3 is 0 Å². The van der Waals surface area contributed by atoms with E-state index in [1.54, 1.807) is 13.8 Å². The highest BCUT2D eigenvalue weighted by atomic mass is 32.2. The van der Waals surface area contributed by atoms with E-state index in [-0.39, 0.29) is 5.75 Å². The molecule has 1 aromatic carbocycles. The highest BCUT2D eigenvalue weighted by molar-refractivity contribution is 7.89. The Labute approximate surface area is 109 Å². The largest absolute Gasteiger partial charge is 0.213 e. The van der Waals surface area contributed by atoms with Gasteiger partial charge in [0.2, 0.25) is 10.0 Å². The Hall–Kier alpha value is -1.38. The summed E-state index contributed by atoms with van der Waals surface area (Å²) in [6.45, 7) is 3.37. The normalized spacial score (nSPS) is 14.7. The molecule has 98 valence electrons. The van der Waals surface area contributed by atoms with Gasteiger partial charge in [0.25, 0.3) is 0 Å². The number of rotatable bonds is 6. The second-order valence-electron chi connectivity index (χ2n) is 4.45. The fourth-order valence-electron chi connectivity index (χ4n) is 1.47. The average Bonchev–Trinajstić information content (AvgIpc) is 2.37. The number of aryl methyl sites for hydroxylation is 1. The standard InChI is InChI=1S/C13H18N2O2S/c1-3-13(2,11-14)15-18(16,17)10-9-12-7-5-4-6-8-12/h4-8,15H,3,9-10H2,1-2H3. The van der Waals surface area contributed by atoms with Gasteiger partial charge >= 0.3 is 0 Å². The molecule has 0 aliphatic rings. The minimum atomic E-state index is -3.43. The Morgan fingerprint density at radius 2 is 1.94 bits per heavy atom. The van der Waals surface area contributed by atoms with Crippen molar-refractivity contribution in [3.63, 3.8) is 0 Å². The summed E-state index contributed by atoms with van der Waals surface area (Å²) >= 11 is 0. The lowest BCUT2D eigenvalue weighted by Gasteiger charge is -2.20. The van der Waals surface area contributed by atoms with Crippen molar-refractivity contribution in [3.05, 3.63) is 35.9 Å². The van der Waals surface area contributed by atoms with Crippen molar-refractivity contribution in [3.8, 4) is 6.07 Å². The lowest BCUT2D eigenvalue weighted by molar-refractivity contribution is 0.495. The Morgan fingerprint density at radius 1 is 1.33 bits per heavy atom. The molecule has 5 heteroatoms. The predicted octanol–water partition coefficient (Wildman–Crippen LogP) is 1.84. The van der Waals surface area contributed by atoms with E-state index in [1.807, 2.05) is 36.4 Å². The Kier molecular flexibility index (Phi) is 4.88. The molecule has 0 aliphatic heterocycles. The van der Waals surface area contributed by atoms with E-state index in [4.69, 9.17) is 5.26 Å². The van der Waals surface area contributed by atoms with Gasteiger partial charge in [-0.3, -0.25) is 0 Å². The van der Waals surface area contributed by atoms with Gasteiger partial charge in [0, 0.05) is 0 Å². The van der Waals surface area contributed by atoms with Crippen LogP contribution in [-0.4, -0.2) is 19.7 Å². The third-order valence-electron chi connectivity index (χ3n) is 2.84. The van der Waals surface area contributed by atoms with Crippen LogP contribution in [0, 0.1) is 11.3 Å².